The molecule has 0 amide bonds. The third-order valence-electron chi connectivity index (χ3n) is 10.3. The minimum absolute atomic E-state index is 0.00109. The molecule has 0 saturated heterocycles. The normalized spacial score (nSPS) is 42.3. The van der Waals surface area contributed by atoms with E-state index in [9.17, 15) is 9.59 Å². The summed E-state index contributed by atoms with van der Waals surface area (Å²) in [5.41, 5.74) is 1.23. The number of allylic oxidation sites excluding steroid dienone is 2. The summed E-state index contributed by atoms with van der Waals surface area (Å²) in [4.78, 5) is 26.3. The van der Waals surface area contributed by atoms with Crippen molar-refractivity contribution in [1.29, 1.82) is 0 Å². The van der Waals surface area contributed by atoms with Crippen LogP contribution in [0.4, 0.5) is 0 Å². The van der Waals surface area contributed by atoms with E-state index in [1.54, 1.807) is 14.0 Å². The monoisotopic (exact) mass is 434 g/mol. The van der Waals surface area contributed by atoms with Gasteiger partial charge >= 0.3 is 0 Å². The van der Waals surface area contributed by atoms with Gasteiger partial charge in [-0.15, -0.1) is 0 Å². The number of rotatable bonds is 5. The number of fused-ring (bicyclic) bond motifs is 2. The van der Waals surface area contributed by atoms with Crippen LogP contribution in [0.15, 0.2) is 36.4 Å². The molecule has 3 nitrogen and oxygen atoms in total. The molecule has 4 aliphatic rings. The molecule has 0 aliphatic heterocycles. The minimum Gasteiger partial charge on any atom is -0.497 e. The molecule has 3 saturated carbocycles. The van der Waals surface area contributed by atoms with Gasteiger partial charge < -0.3 is 9.53 Å². The van der Waals surface area contributed by atoms with Gasteiger partial charge in [-0.05, 0) is 79.4 Å². The van der Waals surface area contributed by atoms with Crippen LogP contribution < -0.4 is 4.74 Å². The Labute approximate surface area is 193 Å². The summed E-state index contributed by atoms with van der Waals surface area (Å²) in [6, 6.07) is 8.56. The molecule has 7 atom stereocenters. The second-order valence-electron chi connectivity index (χ2n) is 11.4. The number of Topliss-reactive ketones (excluding diaryl/α,β-unsaturated/α-hetero) is 2. The lowest BCUT2D eigenvalue weighted by Gasteiger charge is -2.51. The molecule has 0 radical (unpaired) electrons. The second-order valence-corrected chi connectivity index (χ2v) is 11.4. The molecule has 1 aromatic carbocycles. The average molecular weight is 435 g/mol. The van der Waals surface area contributed by atoms with Crippen LogP contribution >= 0.6 is 0 Å². The highest BCUT2D eigenvalue weighted by atomic mass is 16.5. The van der Waals surface area contributed by atoms with Crippen LogP contribution in [0.3, 0.4) is 0 Å². The molecule has 0 heterocycles. The Balaban J connectivity index is 1.67. The van der Waals surface area contributed by atoms with Crippen LogP contribution in [0.1, 0.15) is 77.7 Å². The van der Waals surface area contributed by atoms with Crippen molar-refractivity contribution in [1.82, 2.24) is 0 Å². The Kier molecular flexibility index (Phi) is 5.18. The first kappa shape index (κ1) is 21.9. The lowest BCUT2D eigenvalue weighted by atomic mass is 9.52. The Morgan fingerprint density at radius 3 is 2.50 bits per heavy atom. The molecule has 0 spiro atoms. The number of carbonyl (C=O) groups excluding carboxylic acids is 2. The van der Waals surface area contributed by atoms with Gasteiger partial charge in [-0.3, -0.25) is 4.79 Å². The van der Waals surface area contributed by atoms with Crippen LogP contribution in [0.5, 0.6) is 5.75 Å². The third-order valence-corrected chi connectivity index (χ3v) is 10.3. The van der Waals surface area contributed by atoms with E-state index in [4.69, 9.17) is 4.74 Å². The van der Waals surface area contributed by atoms with Crippen molar-refractivity contribution in [2.24, 2.45) is 34.5 Å². The number of benzene rings is 1. The van der Waals surface area contributed by atoms with Gasteiger partial charge in [-0.1, -0.05) is 51.0 Å². The Bertz CT molecular complexity index is 946. The van der Waals surface area contributed by atoms with Crippen LogP contribution in [-0.2, 0) is 15.0 Å². The summed E-state index contributed by atoms with van der Waals surface area (Å²) < 4.78 is 5.46. The van der Waals surface area contributed by atoms with Gasteiger partial charge in [0.2, 0.25) is 0 Å². The fourth-order valence-electron chi connectivity index (χ4n) is 8.76. The van der Waals surface area contributed by atoms with Crippen LogP contribution in [0.25, 0.3) is 0 Å². The van der Waals surface area contributed by atoms with Gasteiger partial charge in [0, 0.05) is 23.7 Å². The molecule has 0 aromatic heterocycles. The van der Waals surface area contributed by atoms with Crippen molar-refractivity contribution in [2.45, 2.75) is 77.6 Å². The van der Waals surface area contributed by atoms with E-state index in [-0.39, 0.29) is 33.9 Å². The fraction of sp³-hybridized carbons (Fsp3) is 0.655. The smallest absolute Gasteiger partial charge is 0.140 e. The third kappa shape index (κ3) is 2.66. The maximum atomic E-state index is 14.5. The first-order chi connectivity index (χ1) is 15.3. The Morgan fingerprint density at radius 1 is 1.09 bits per heavy atom. The zero-order valence-corrected chi connectivity index (χ0v) is 20.2. The first-order valence-corrected chi connectivity index (χ1v) is 12.7. The highest BCUT2D eigenvalue weighted by Crippen LogP contribution is 2.79. The average Bonchev–Trinajstić information content (AvgIpc) is 3.11. The van der Waals surface area contributed by atoms with E-state index in [2.05, 4.69) is 50.3 Å². The SMILES string of the molecule is COc1ccc([C@@]23C=C[C@]4(CCCC[C@@]42C)[C@H]2CC[C@H](C)[C@H](CCC(C)=O)C(=O)[C@H]23)cc1. The highest BCUT2D eigenvalue weighted by Gasteiger charge is 2.77. The molecule has 3 fully saturated rings. The molecule has 5 rings (SSSR count). The van der Waals surface area contributed by atoms with Gasteiger partial charge in [-0.25, -0.2) is 0 Å². The maximum Gasteiger partial charge on any atom is 0.140 e. The summed E-state index contributed by atoms with van der Waals surface area (Å²) in [6.45, 7) is 6.39. The van der Waals surface area contributed by atoms with Gasteiger partial charge in [0.05, 0.1) is 7.11 Å². The van der Waals surface area contributed by atoms with Crippen molar-refractivity contribution in [3.63, 3.8) is 0 Å². The Hall–Kier alpha value is -1.90. The molecular weight excluding hydrogens is 396 g/mol. The summed E-state index contributed by atoms with van der Waals surface area (Å²) in [7, 11) is 1.71. The van der Waals surface area contributed by atoms with E-state index in [0.717, 1.165) is 18.6 Å². The minimum atomic E-state index is -0.250. The number of ketones is 2. The van der Waals surface area contributed by atoms with E-state index in [1.807, 2.05) is 0 Å². The fourth-order valence-corrected chi connectivity index (χ4v) is 8.76. The Morgan fingerprint density at radius 2 is 1.81 bits per heavy atom. The van der Waals surface area contributed by atoms with Crippen molar-refractivity contribution in [3.8, 4) is 5.75 Å². The van der Waals surface area contributed by atoms with Gasteiger partial charge in [0.25, 0.3) is 0 Å². The van der Waals surface area contributed by atoms with Crippen molar-refractivity contribution in [2.75, 3.05) is 7.11 Å². The molecule has 4 aliphatic carbocycles. The molecule has 0 unspecified atom stereocenters. The number of carbonyl (C=O) groups is 2. The second kappa shape index (κ2) is 7.57. The molecule has 1 aromatic rings. The topological polar surface area (TPSA) is 43.4 Å². The number of ether oxygens (including phenoxy) is 1. The van der Waals surface area contributed by atoms with E-state index in [0.29, 0.717) is 30.5 Å². The predicted molar refractivity (Wildman–Crippen MR) is 127 cm³/mol. The van der Waals surface area contributed by atoms with E-state index < -0.39 is 0 Å². The van der Waals surface area contributed by atoms with Gasteiger partial charge in [-0.2, -0.15) is 0 Å². The van der Waals surface area contributed by atoms with Crippen LogP contribution in [-0.4, -0.2) is 18.7 Å². The number of methoxy groups -OCH3 is 1. The summed E-state index contributed by atoms with van der Waals surface area (Å²) in [6.07, 6.45) is 13.4. The standard InChI is InChI=1S/C29H38O3/c1-19-7-14-24-25(26(31)23(19)13-8-20(2)30)29(21-9-11-22(32-4)12-10-21)18-17-28(24)16-6-5-15-27(28,29)3/h9-12,17-19,23-25H,5-8,13-16H2,1-4H3/t19-,23-,24-,25-,27-,28+,29+/m0/s1. The molecule has 172 valence electrons. The lowest BCUT2D eigenvalue weighted by Crippen LogP contribution is -2.48. The molecule has 0 N–H and O–H groups in total. The zero-order valence-electron chi connectivity index (χ0n) is 20.2. The van der Waals surface area contributed by atoms with E-state index >= 15 is 0 Å². The van der Waals surface area contributed by atoms with Crippen molar-refractivity contribution >= 4 is 11.6 Å². The maximum absolute atomic E-state index is 14.5. The summed E-state index contributed by atoms with van der Waals surface area (Å²) >= 11 is 0. The van der Waals surface area contributed by atoms with Gasteiger partial charge in [0.15, 0.2) is 0 Å². The predicted octanol–water partition coefficient (Wildman–Crippen LogP) is 6.30. The van der Waals surface area contributed by atoms with Crippen molar-refractivity contribution in [3.05, 3.63) is 42.0 Å². The van der Waals surface area contributed by atoms with Gasteiger partial charge in [0.1, 0.15) is 17.3 Å². The quantitative estimate of drug-likeness (QED) is 0.511. The molecule has 2 bridgehead atoms. The van der Waals surface area contributed by atoms with Crippen LogP contribution in [0.2, 0.25) is 0 Å². The number of hydrogen-bond acceptors (Lipinski definition) is 3. The van der Waals surface area contributed by atoms with E-state index in [1.165, 1.54) is 31.2 Å². The molecule has 3 heteroatoms. The first-order valence-electron chi connectivity index (χ1n) is 12.7. The molecule has 32 heavy (non-hydrogen) atoms. The zero-order chi connectivity index (χ0) is 22.7. The summed E-state index contributed by atoms with van der Waals surface area (Å²) in [5.74, 6) is 2.29. The summed E-state index contributed by atoms with van der Waals surface area (Å²) in [5, 5.41) is 0. The highest BCUT2D eigenvalue weighted by molar-refractivity contribution is 5.89. The number of hydrogen-bond donors (Lipinski definition) is 0. The molecular formula is C29H38O3. The van der Waals surface area contributed by atoms with Crippen molar-refractivity contribution < 1.29 is 14.3 Å². The lowest BCUT2D eigenvalue weighted by molar-refractivity contribution is -0.131. The largest absolute Gasteiger partial charge is 0.497 e. The van der Waals surface area contributed by atoms with Crippen LogP contribution in [0, 0.1) is 34.5 Å².